The number of rotatable bonds is 2. The number of halogens is 2. The number of benzene rings is 1. The molecule has 0 bridgehead atoms. The van der Waals surface area contributed by atoms with Crippen molar-refractivity contribution in [1.82, 2.24) is 0 Å². The standard InChI is InChI=1S/C11H12BrFO/c12-9-4-8(5-10(13)6-9)7-11(14)2-1-3-11/h4-6,14H,1-3,7H2. The van der Waals surface area contributed by atoms with E-state index < -0.39 is 5.60 Å². The third-order valence-corrected chi connectivity index (χ3v) is 3.20. The van der Waals surface area contributed by atoms with Crippen molar-refractivity contribution in [3.63, 3.8) is 0 Å². The Bertz CT molecular complexity index is 327. The lowest BCUT2D eigenvalue weighted by Gasteiger charge is -2.36. The van der Waals surface area contributed by atoms with Crippen molar-refractivity contribution in [3.05, 3.63) is 34.1 Å². The Morgan fingerprint density at radius 1 is 1.36 bits per heavy atom. The molecular formula is C11H12BrFO. The van der Waals surface area contributed by atoms with Gasteiger partial charge in [0.2, 0.25) is 0 Å². The molecule has 1 nitrogen and oxygen atoms in total. The van der Waals surface area contributed by atoms with Gasteiger partial charge in [-0.15, -0.1) is 0 Å². The van der Waals surface area contributed by atoms with E-state index in [0.29, 0.717) is 6.42 Å². The lowest BCUT2D eigenvalue weighted by atomic mass is 9.76. The zero-order valence-corrected chi connectivity index (χ0v) is 9.35. The first-order chi connectivity index (χ1) is 6.57. The van der Waals surface area contributed by atoms with Gasteiger partial charge in [-0.25, -0.2) is 4.39 Å². The molecule has 1 N–H and O–H groups in total. The summed E-state index contributed by atoms with van der Waals surface area (Å²) in [5.41, 5.74) is 0.284. The molecule has 0 heterocycles. The first-order valence-electron chi connectivity index (χ1n) is 4.75. The van der Waals surface area contributed by atoms with Gasteiger partial charge in [-0.2, -0.15) is 0 Å². The molecule has 0 aliphatic heterocycles. The van der Waals surface area contributed by atoms with Crippen LogP contribution >= 0.6 is 15.9 Å². The van der Waals surface area contributed by atoms with Crippen LogP contribution in [-0.2, 0) is 6.42 Å². The van der Waals surface area contributed by atoms with Crippen molar-refractivity contribution < 1.29 is 9.50 Å². The molecular weight excluding hydrogens is 247 g/mol. The highest BCUT2D eigenvalue weighted by atomic mass is 79.9. The van der Waals surface area contributed by atoms with Crippen LogP contribution in [-0.4, -0.2) is 10.7 Å². The van der Waals surface area contributed by atoms with Gasteiger partial charge in [0.15, 0.2) is 0 Å². The van der Waals surface area contributed by atoms with Crippen molar-refractivity contribution >= 4 is 15.9 Å². The van der Waals surface area contributed by atoms with Crippen molar-refractivity contribution in [2.75, 3.05) is 0 Å². The van der Waals surface area contributed by atoms with Crippen LogP contribution in [0.5, 0.6) is 0 Å². The van der Waals surface area contributed by atoms with Crippen LogP contribution in [0.25, 0.3) is 0 Å². The minimum atomic E-state index is -0.576. The number of hydrogen-bond donors (Lipinski definition) is 1. The van der Waals surface area contributed by atoms with Crippen LogP contribution < -0.4 is 0 Å². The summed E-state index contributed by atoms with van der Waals surface area (Å²) in [4.78, 5) is 0. The molecule has 0 radical (unpaired) electrons. The highest BCUT2D eigenvalue weighted by Crippen LogP contribution is 2.35. The Labute approximate surface area is 91.1 Å². The average Bonchev–Trinajstić information content (AvgIpc) is 1.99. The zero-order valence-electron chi connectivity index (χ0n) is 7.76. The number of hydrogen-bond acceptors (Lipinski definition) is 1. The van der Waals surface area contributed by atoms with Gasteiger partial charge in [0.25, 0.3) is 0 Å². The lowest BCUT2D eigenvalue weighted by Crippen LogP contribution is -2.38. The predicted octanol–water partition coefficient (Wildman–Crippen LogP) is 3.05. The van der Waals surface area contributed by atoms with Crippen LogP contribution in [0.15, 0.2) is 22.7 Å². The van der Waals surface area contributed by atoms with Crippen LogP contribution in [0.2, 0.25) is 0 Å². The molecule has 3 heteroatoms. The average molecular weight is 259 g/mol. The molecule has 0 saturated heterocycles. The normalized spacial score (nSPS) is 19.1. The Morgan fingerprint density at radius 3 is 2.57 bits per heavy atom. The minimum Gasteiger partial charge on any atom is -0.390 e. The van der Waals surface area contributed by atoms with Gasteiger partial charge in [-0.05, 0) is 43.0 Å². The molecule has 0 unspecified atom stereocenters. The summed E-state index contributed by atoms with van der Waals surface area (Å²) in [5.74, 6) is -0.253. The Kier molecular flexibility index (Phi) is 2.62. The van der Waals surface area contributed by atoms with Gasteiger partial charge in [-0.3, -0.25) is 0 Å². The molecule has 1 aromatic carbocycles. The zero-order chi connectivity index (χ0) is 10.2. The second kappa shape index (κ2) is 3.63. The summed E-state index contributed by atoms with van der Waals surface area (Å²) in [6, 6.07) is 4.77. The number of aliphatic hydroxyl groups is 1. The molecule has 1 fully saturated rings. The topological polar surface area (TPSA) is 20.2 Å². The molecule has 0 amide bonds. The van der Waals surface area contributed by atoms with Gasteiger partial charge in [0.05, 0.1) is 5.60 Å². The SMILES string of the molecule is OC1(Cc2cc(F)cc(Br)c2)CCC1. The third-order valence-electron chi connectivity index (χ3n) is 2.74. The van der Waals surface area contributed by atoms with Gasteiger partial charge in [0.1, 0.15) is 5.82 Å². The molecule has 1 aromatic rings. The summed E-state index contributed by atoms with van der Waals surface area (Å²) >= 11 is 3.24. The van der Waals surface area contributed by atoms with Crippen LogP contribution in [0.3, 0.4) is 0 Å². The third kappa shape index (κ3) is 2.15. The maximum atomic E-state index is 13.0. The molecule has 1 aliphatic carbocycles. The first kappa shape index (κ1) is 10.1. The van der Waals surface area contributed by atoms with E-state index in [4.69, 9.17) is 0 Å². The van der Waals surface area contributed by atoms with E-state index in [-0.39, 0.29) is 5.82 Å². The molecule has 76 valence electrons. The van der Waals surface area contributed by atoms with E-state index in [1.807, 2.05) is 6.07 Å². The highest BCUT2D eigenvalue weighted by Gasteiger charge is 2.34. The summed E-state index contributed by atoms with van der Waals surface area (Å²) in [5, 5.41) is 9.91. The van der Waals surface area contributed by atoms with E-state index in [0.717, 1.165) is 29.3 Å². The maximum absolute atomic E-state index is 13.0. The molecule has 0 aromatic heterocycles. The van der Waals surface area contributed by atoms with E-state index in [1.54, 1.807) is 0 Å². The smallest absolute Gasteiger partial charge is 0.124 e. The fourth-order valence-electron chi connectivity index (χ4n) is 1.85. The fraction of sp³-hybridized carbons (Fsp3) is 0.455. The summed E-state index contributed by atoms with van der Waals surface area (Å²) in [7, 11) is 0. The Hall–Kier alpha value is -0.410. The van der Waals surface area contributed by atoms with Gasteiger partial charge in [0, 0.05) is 10.9 Å². The predicted molar refractivity (Wildman–Crippen MR) is 56.6 cm³/mol. The lowest BCUT2D eigenvalue weighted by molar-refractivity contribution is -0.0323. The molecule has 1 aliphatic rings. The largest absolute Gasteiger partial charge is 0.390 e. The van der Waals surface area contributed by atoms with Crippen molar-refractivity contribution in [3.8, 4) is 0 Å². The van der Waals surface area contributed by atoms with E-state index in [1.165, 1.54) is 12.1 Å². The van der Waals surface area contributed by atoms with Gasteiger partial charge < -0.3 is 5.11 Å². The first-order valence-corrected chi connectivity index (χ1v) is 5.54. The highest BCUT2D eigenvalue weighted by molar-refractivity contribution is 9.10. The monoisotopic (exact) mass is 258 g/mol. The summed E-state index contributed by atoms with van der Waals surface area (Å²) < 4.78 is 13.7. The van der Waals surface area contributed by atoms with Crippen LogP contribution in [0.4, 0.5) is 4.39 Å². The second-order valence-corrected chi connectivity index (χ2v) is 4.95. The Morgan fingerprint density at radius 2 is 2.07 bits per heavy atom. The van der Waals surface area contributed by atoms with E-state index in [9.17, 15) is 9.50 Å². The van der Waals surface area contributed by atoms with E-state index in [2.05, 4.69) is 15.9 Å². The van der Waals surface area contributed by atoms with Crippen molar-refractivity contribution in [1.29, 1.82) is 0 Å². The molecule has 2 rings (SSSR count). The van der Waals surface area contributed by atoms with Crippen LogP contribution in [0.1, 0.15) is 24.8 Å². The van der Waals surface area contributed by atoms with Crippen molar-refractivity contribution in [2.24, 2.45) is 0 Å². The fourth-order valence-corrected chi connectivity index (χ4v) is 2.37. The maximum Gasteiger partial charge on any atom is 0.124 e. The molecule has 0 atom stereocenters. The van der Waals surface area contributed by atoms with Crippen LogP contribution in [0, 0.1) is 5.82 Å². The van der Waals surface area contributed by atoms with Gasteiger partial charge >= 0.3 is 0 Å². The van der Waals surface area contributed by atoms with E-state index >= 15 is 0 Å². The Balaban J connectivity index is 2.16. The van der Waals surface area contributed by atoms with Gasteiger partial charge in [-0.1, -0.05) is 15.9 Å². The van der Waals surface area contributed by atoms with Crippen molar-refractivity contribution in [2.45, 2.75) is 31.3 Å². The second-order valence-electron chi connectivity index (χ2n) is 4.03. The summed E-state index contributed by atoms with van der Waals surface area (Å²) in [6.07, 6.45) is 3.30. The molecule has 0 spiro atoms. The quantitative estimate of drug-likeness (QED) is 0.865. The molecule has 14 heavy (non-hydrogen) atoms. The molecule has 1 saturated carbocycles. The minimum absolute atomic E-state index is 0.253. The summed E-state index contributed by atoms with van der Waals surface area (Å²) in [6.45, 7) is 0.